The van der Waals surface area contributed by atoms with E-state index < -0.39 is 5.97 Å². The first kappa shape index (κ1) is 13.1. The van der Waals surface area contributed by atoms with Crippen LogP contribution >= 0.6 is 11.3 Å². The van der Waals surface area contributed by atoms with Crippen molar-refractivity contribution in [2.75, 3.05) is 13.1 Å². The maximum Gasteiger partial charge on any atom is 0.346 e. The molecule has 0 saturated carbocycles. The number of carboxylic acids is 1. The second-order valence-corrected chi connectivity index (χ2v) is 6.15. The van der Waals surface area contributed by atoms with Gasteiger partial charge in [0.25, 0.3) is 0 Å². The monoisotopic (exact) mass is 289 g/mol. The van der Waals surface area contributed by atoms with Crippen LogP contribution in [0.4, 0.5) is 0 Å². The third-order valence-corrected chi connectivity index (χ3v) is 5.04. The van der Waals surface area contributed by atoms with Gasteiger partial charge in [0.2, 0.25) is 5.91 Å². The number of amides is 1. The first-order chi connectivity index (χ1) is 9.58. The Labute approximate surface area is 120 Å². The molecule has 1 aromatic carbocycles. The molecule has 1 unspecified atom stereocenters. The lowest BCUT2D eigenvalue weighted by atomic mass is 9.95. The first-order valence-corrected chi connectivity index (χ1v) is 7.40. The van der Waals surface area contributed by atoms with E-state index in [1.807, 2.05) is 24.3 Å². The van der Waals surface area contributed by atoms with Crippen molar-refractivity contribution in [3.63, 3.8) is 0 Å². The van der Waals surface area contributed by atoms with E-state index in [1.165, 1.54) is 11.3 Å². The van der Waals surface area contributed by atoms with Crippen LogP contribution in [0.5, 0.6) is 0 Å². The fourth-order valence-electron chi connectivity index (χ4n) is 2.91. The van der Waals surface area contributed by atoms with E-state index >= 15 is 0 Å². The Kier molecular flexibility index (Phi) is 3.22. The topological polar surface area (TPSA) is 57.6 Å². The molecule has 1 fully saturated rings. The van der Waals surface area contributed by atoms with Crippen molar-refractivity contribution in [3.8, 4) is 0 Å². The molecule has 4 nitrogen and oxygen atoms in total. The van der Waals surface area contributed by atoms with E-state index in [1.54, 1.807) is 11.8 Å². The van der Waals surface area contributed by atoms with Gasteiger partial charge in [-0.05, 0) is 23.4 Å². The van der Waals surface area contributed by atoms with Gasteiger partial charge < -0.3 is 10.0 Å². The van der Waals surface area contributed by atoms with E-state index in [2.05, 4.69) is 0 Å². The van der Waals surface area contributed by atoms with Gasteiger partial charge in [0.05, 0.1) is 0 Å². The highest BCUT2D eigenvalue weighted by Gasteiger charge is 2.31. The second-order valence-electron chi connectivity index (χ2n) is 5.10. The van der Waals surface area contributed by atoms with Crippen molar-refractivity contribution in [1.82, 2.24) is 4.90 Å². The fraction of sp³-hybridized carbons (Fsp3) is 0.333. The zero-order valence-electron chi connectivity index (χ0n) is 11.1. The van der Waals surface area contributed by atoms with Gasteiger partial charge in [-0.25, -0.2) is 4.79 Å². The van der Waals surface area contributed by atoms with Gasteiger partial charge in [-0.15, -0.1) is 11.3 Å². The number of nitrogens with zero attached hydrogens (tertiary/aromatic N) is 1. The maximum absolute atomic E-state index is 11.5. The maximum atomic E-state index is 11.5. The van der Waals surface area contributed by atoms with Gasteiger partial charge in [-0.1, -0.05) is 18.2 Å². The summed E-state index contributed by atoms with van der Waals surface area (Å²) >= 11 is 1.33. The first-order valence-electron chi connectivity index (χ1n) is 6.58. The van der Waals surface area contributed by atoms with E-state index in [9.17, 15) is 14.7 Å². The minimum atomic E-state index is -0.873. The van der Waals surface area contributed by atoms with E-state index in [4.69, 9.17) is 0 Å². The second kappa shape index (κ2) is 4.90. The summed E-state index contributed by atoms with van der Waals surface area (Å²) in [5.41, 5.74) is 0.904. The molecule has 0 bridgehead atoms. The van der Waals surface area contributed by atoms with Gasteiger partial charge >= 0.3 is 5.97 Å². The standard InChI is InChI=1S/C15H15NO3S/c1-9(17)16-7-6-10(8-16)13-11-4-2-3-5-12(11)20-14(13)15(18)19/h2-5,10H,6-8H2,1H3,(H,18,19). The van der Waals surface area contributed by atoms with Crippen molar-refractivity contribution in [3.05, 3.63) is 34.7 Å². The number of rotatable bonds is 2. The van der Waals surface area contributed by atoms with Crippen LogP contribution < -0.4 is 0 Å². The summed E-state index contributed by atoms with van der Waals surface area (Å²) < 4.78 is 1.00. The number of benzene rings is 1. The molecule has 3 rings (SSSR count). The minimum absolute atomic E-state index is 0.0592. The molecule has 0 radical (unpaired) electrons. The predicted molar refractivity (Wildman–Crippen MR) is 78.4 cm³/mol. The van der Waals surface area contributed by atoms with Gasteiger partial charge in [-0.3, -0.25) is 4.79 Å². The summed E-state index contributed by atoms with van der Waals surface area (Å²) in [5, 5.41) is 10.5. The average molecular weight is 289 g/mol. The molecule has 1 aliphatic heterocycles. The van der Waals surface area contributed by atoms with E-state index in [0.717, 1.165) is 22.1 Å². The predicted octanol–water partition coefficient (Wildman–Crippen LogP) is 2.94. The number of aromatic carboxylic acids is 1. The lowest BCUT2D eigenvalue weighted by Gasteiger charge is -2.14. The lowest BCUT2D eigenvalue weighted by Crippen LogP contribution is -2.25. The van der Waals surface area contributed by atoms with Crippen molar-refractivity contribution >= 4 is 33.3 Å². The van der Waals surface area contributed by atoms with Crippen LogP contribution in [0.1, 0.15) is 34.5 Å². The molecule has 104 valence electrons. The molecular formula is C15H15NO3S. The number of fused-ring (bicyclic) bond motifs is 1. The van der Waals surface area contributed by atoms with Crippen molar-refractivity contribution in [2.45, 2.75) is 19.3 Å². The molecule has 1 saturated heterocycles. The summed E-state index contributed by atoms with van der Waals surface area (Å²) in [6, 6.07) is 7.78. The van der Waals surface area contributed by atoms with Crippen molar-refractivity contribution in [2.24, 2.45) is 0 Å². The quantitative estimate of drug-likeness (QED) is 0.924. The van der Waals surface area contributed by atoms with Crippen LogP contribution in [0.3, 0.4) is 0 Å². The summed E-state index contributed by atoms with van der Waals surface area (Å²) in [6.07, 6.45) is 0.834. The van der Waals surface area contributed by atoms with Gasteiger partial charge in [0, 0.05) is 30.6 Å². The van der Waals surface area contributed by atoms with Crippen LogP contribution in [0.25, 0.3) is 10.1 Å². The number of carbonyl (C=O) groups excluding carboxylic acids is 1. The van der Waals surface area contributed by atoms with Crippen molar-refractivity contribution in [1.29, 1.82) is 0 Å². The van der Waals surface area contributed by atoms with E-state index in [0.29, 0.717) is 18.0 Å². The lowest BCUT2D eigenvalue weighted by molar-refractivity contribution is -0.127. The highest BCUT2D eigenvalue weighted by Crippen LogP contribution is 2.40. The third-order valence-electron chi connectivity index (χ3n) is 3.87. The molecule has 20 heavy (non-hydrogen) atoms. The molecule has 1 atom stereocenters. The van der Waals surface area contributed by atoms with Crippen LogP contribution in [0.15, 0.2) is 24.3 Å². The van der Waals surface area contributed by atoms with Crippen LogP contribution in [-0.2, 0) is 4.79 Å². The molecular weight excluding hydrogens is 274 g/mol. The smallest absolute Gasteiger partial charge is 0.346 e. The summed E-state index contributed by atoms with van der Waals surface area (Å²) in [7, 11) is 0. The molecule has 1 aromatic heterocycles. The molecule has 0 aliphatic carbocycles. The van der Waals surface area contributed by atoms with Crippen LogP contribution in [0, 0.1) is 0 Å². The molecule has 0 spiro atoms. The Morgan fingerprint density at radius 3 is 2.75 bits per heavy atom. The van der Waals surface area contributed by atoms with Gasteiger partial charge in [-0.2, -0.15) is 0 Å². The highest BCUT2D eigenvalue weighted by molar-refractivity contribution is 7.21. The largest absolute Gasteiger partial charge is 0.477 e. The molecule has 1 aliphatic rings. The average Bonchev–Trinajstić information content (AvgIpc) is 3.02. The van der Waals surface area contributed by atoms with Gasteiger partial charge in [0.1, 0.15) is 4.88 Å². The summed E-state index contributed by atoms with van der Waals surface area (Å²) in [4.78, 5) is 25.2. The Bertz CT molecular complexity index is 691. The third kappa shape index (κ3) is 2.08. The Morgan fingerprint density at radius 2 is 2.10 bits per heavy atom. The normalized spacial score (nSPS) is 18.6. The van der Waals surface area contributed by atoms with Crippen LogP contribution in [0.2, 0.25) is 0 Å². The number of hydrogen-bond donors (Lipinski definition) is 1. The zero-order valence-corrected chi connectivity index (χ0v) is 11.9. The minimum Gasteiger partial charge on any atom is -0.477 e. The SMILES string of the molecule is CC(=O)N1CCC(c2c(C(=O)O)sc3ccccc23)C1. The summed E-state index contributed by atoms with van der Waals surface area (Å²) in [5.74, 6) is -0.687. The van der Waals surface area contributed by atoms with Crippen molar-refractivity contribution < 1.29 is 14.7 Å². The summed E-state index contributed by atoms with van der Waals surface area (Å²) in [6.45, 7) is 2.89. The number of carbonyl (C=O) groups is 2. The molecule has 2 heterocycles. The Morgan fingerprint density at radius 1 is 1.35 bits per heavy atom. The number of carboxylic acid groups (broad SMARTS) is 1. The molecule has 5 heteroatoms. The fourth-order valence-corrected chi connectivity index (χ4v) is 4.04. The molecule has 2 aromatic rings. The Balaban J connectivity index is 2.08. The number of hydrogen-bond acceptors (Lipinski definition) is 3. The zero-order chi connectivity index (χ0) is 14.3. The highest BCUT2D eigenvalue weighted by atomic mass is 32.1. The molecule has 1 N–H and O–H groups in total. The molecule has 1 amide bonds. The Hall–Kier alpha value is -1.88. The number of likely N-dealkylation sites (tertiary alicyclic amines) is 1. The van der Waals surface area contributed by atoms with E-state index in [-0.39, 0.29) is 11.8 Å². The number of thiophene rings is 1. The van der Waals surface area contributed by atoms with Crippen LogP contribution in [-0.4, -0.2) is 35.0 Å². The van der Waals surface area contributed by atoms with Gasteiger partial charge in [0.15, 0.2) is 0 Å².